The van der Waals surface area contributed by atoms with E-state index in [0.717, 1.165) is 17.1 Å². The van der Waals surface area contributed by atoms with Crippen LogP contribution in [0.2, 0.25) is 0 Å². The Morgan fingerprint density at radius 2 is 2.17 bits per heavy atom. The number of aliphatic carboxylic acids is 1. The van der Waals surface area contributed by atoms with E-state index in [4.69, 9.17) is 5.11 Å². The van der Waals surface area contributed by atoms with E-state index in [9.17, 15) is 18.0 Å². The number of sulfonamides is 1. The molecule has 2 heterocycles. The third-order valence-corrected chi connectivity index (χ3v) is 5.65. The lowest BCUT2D eigenvalue weighted by molar-refractivity contribution is -0.137. The lowest BCUT2D eigenvalue weighted by atomic mass is 10.2. The van der Waals surface area contributed by atoms with Crippen molar-refractivity contribution < 1.29 is 18.3 Å². The molecule has 122 valence electrons. The second kappa shape index (κ2) is 5.43. The average Bonchev–Trinajstić information content (AvgIpc) is 2.95. The van der Waals surface area contributed by atoms with Gasteiger partial charge in [-0.15, -0.1) is 0 Å². The van der Waals surface area contributed by atoms with Gasteiger partial charge in [0.1, 0.15) is 12.4 Å². The van der Waals surface area contributed by atoms with Gasteiger partial charge in [-0.25, -0.2) is 13.4 Å². The van der Waals surface area contributed by atoms with Gasteiger partial charge in [0.05, 0.1) is 15.8 Å². The van der Waals surface area contributed by atoms with Crippen LogP contribution < -0.4 is 5.56 Å². The number of fused-ring (bicyclic) bond motifs is 2. The molecular formula is C14H15N3O5S. The van der Waals surface area contributed by atoms with Gasteiger partial charge < -0.3 is 5.11 Å². The van der Waals surface area contributed by atoms with Crippen LogP contribution in [0.4, 0.5) is 0 Å². The summed E-state index contributed by atoms with van der Waals surface area (Å²) in [4.78, 5) is 27.5. The van der Waals surface area contributed by atoms with Crippen LogP contribution in [0.25, 0.3) is 10.9 Å². The summed E-state index contributed by atoms with van der Waals surface area (Å²) >= 11 is 0. The third kappa shape index (κ3) is 2.62. The number of benzene rings is 1. The van der Waals surface area contributed by atoms with Crippen molar-refractivity contribution in [2.75, 3.05) is 13.6 Å². The quantitative estimate of drug-likeness (QED) is 0.844. The molecule has 1 N–H and O–H groups in total. The van der Waals surface area contributed by atoms with Gasteiger partial charge in [-0.05, 0) is 24.6 Å². The molecule has 0 aliphatic carbocycles. The molecule has 1 aliphatic heterocycles. The molecule has 9 heteroatoms. The minimum atomic E-state index is -3.98. The van der Waals surface area contributed by atoms with Crippen LogP contribution in [0.3, 0.4) is 0 Å². The predicted molar refractivity (Wildman–Crippen MR) is 81.8 cm³/mol. The summed E-state index contributed by atoms with van der Waals surface area (Å²) < 4.78 is 27.1. The number of rotatable bonds is 4. The van der Waals surface area contributed by atoms with Gasteiger partial charge in [-0.1, -0.05) is 0 Å². The van der Waals surface area contributed by atoms with Crippen LogP contribution in [0.1, 0.15) is 12.2 Å². The first-order chi connectivity index (χ1) is 10.8. The minimum absolute atomic E-state index is 0.119. The normalized spacial score (nSPS) is 14.3. The number of nitrogens with zero attached hydrogens (tertiary/aromatic N) is 3. The molecule has 0 bridgehead atoms. The Kier molecular flexibility index (Phi) is 3.69. The predicted octanol–water partition coefficient (Wildman–Crippen LogP) is 0.0478. The first kappa shape index (κ1) is 15.6. The maximum Gasteiger partial charge on any atom is 0.318 e. The van der Waals surface area contributed by atoms with Crippen molar-refractivity contribution in [3.63, 3.8) is 0 Å². The lowest BCUT2D eigenvalue weighted by Crippen LogP contribution is -2.32. The summed E-state index contributed by atoms with van der Waals surface area (Å²) in [6.07, 6.45) is 1.57. The number of hydrogen-bond acceptors (Lipinski definition) is 5. The first-order valence-corrected chi connectivity index (χ1v) is 8.46. The number of hydrogen-bond donors (Lipinski definition) is 1. The van der Waals surface area contributed by atoms with E-state index in [1.165, 1.54) is 25.2 Å². The fourth-order valence-electron chi connectivity index (χ4n) is 2.68. The van der Waals surface area contributed by atoms with E-state index < -0.39 is 22.5 Å². The monoisotopic (exact) mass is 337 g/mol. The molecule has 1 aliphatic rings. The molecule has 0 saturated carbocycles. The van der Waals surface area contributed by atoms with Crippen LogP contribution in [0.15, 0.2) is 27.9 Å². The second-order valence-electron chi connectivity index (χ2n) is 5.42. The van der Waals surface area contributed by atoms with E-state index in [2.05, 4.69) is 4.98 Å². The van der Waals surface area contributed by atoms with Crippen molar-refractivity contribution in [3.8, 4) is 0 Å². The molecule has 1 aromatic carbocycles. The zero-order valence-electron chi connectivity index (χ0n) is 12.4. The Morgan fingerprint density at radius 3 is 2.87 bits per heavy atom. The molecule has 23 heavy (non-hydrogen) atoms. The van der Waals surface area contributed by atoms with Gasteiger partial charge in [0.15, 0.2) is 0 Å². The SMILES string of the molecule is CN(CC(=O)O)S(=O)(=O)c1ccc2nc3n(c(=O)c2c1)CCC3. The standard InChI is InChI=1S/C14H15N3O5S/c1-16(8-13(18)19)23(21,22)9-4-5-11-10(7-9)14(20)17-6-2-3-12(17)15-11/h4-5,7H,2-3,6,8H2,1H3,(H,18,19). The maximum atomic E-state index is 12.5. The second-order valence-corrected chi connectivity index (χ2v) is 7.47. The molecular weight excluding hydrogens is 322 g/mol. The molecule has 0 spiro atoms. The third-order valence-electron chi connectivity index (χ3n) is 3.85. The molecule has 0 amide bonds. The first-order valence-electron chi connectivity index (χ1n) is 7.02. The molecule has 2 aromatic rings. The molecule has 8 nitrogen and oxygen atoms in total. The van der Waals surface area contributed by atoms with E-state index >= 15 is 0 Å². The Morgan fingerprint density at radius 1 is 1.43 bits per heavy atom. The summed E-state index contributed by atoms with van der Waals surface area (Å²) in [5.74, 6) is -0.544. The molecule has 0 atom stereocenters. The topological polar surface area (TPSA) is 110 Å². The maximum absolute atomic E-state index is 12.5. The highest BCUT2D eigenvalue weighted by molar-refractivity contribution is 7.89. The van der Waals surface area contributed by atoms with Gasteiger partial charge >= 0.3 is 5.97 Å². The number of aryl methyl sites for hydroxylation is 1. The number of carboxylic acid groups (broad SMARTS) is 1. The van der Waals surface area contributed by atoms with Gasteiger partial charge in [-0.2, -0.15) is 4.31 Å². The average molecular weight is 337 g/mol. The lowest BCUT2D eigenvalue weighted by Gasteiger charge is -2.15. The van der Waals surface area contributed by atoms with E-state index in [-0.39, 0.29) is 15.8 Å². The Balaban J connectivity index is 2.14. The van der Waals surface area contributed by atoms with Gasteiger partial charge in [0.2, 0.25) is 10.0 Å². The molecule has 0 fully saturated rings. The molecule has 1 aromatic heterocycles. The zero-order chi connectivity index (χ0) is 16.8. The van der Waals surface area contributed by atoms with E-state index in [1.807, 2.05) is 0 Å². The highest BCUT2D eigenvalue weighted by atomic mass is 32.2. The number of likely N-dealkylation sites (N-methyl/N-ethyl adjacent to an activating group) is 1. The number of carboxylic acids is 1. The summed E-state index contributed by atoms with van der Waals surface area (Å²) in [7, 11) is -2.80. The van der Waals surface area contributed by atoms with Crippen molar-refractivity contribution in [1.29, 1.82) is 0 Å². The van der Waals surface area contributed by atoms with E-state index in [1.54, 1.807) is 4.57 Å². The fraction of sp³-hybridized carbons (Fsp3) is 0.357. The zero-order valence-corrected chi connectivity index (χ0v) is 13.2. The van der Waals surface area contributed by atoms with Crippen LogP contribution in [0, 0.1) is 0 Å². The Hall–Kier alpha value is -2.26. The largest absolute Gasteiger partial charge is 0.480 e. The van der Waals surface area contributed by atoms with Crippen molar-refractivity contribution in [3.05, 3.63) is 34.4 Å². The molecule has 0 radical (unpaired) electrons. The van der Waals surface area contributed by atoms with Crippen molar-refractivity contribution in [1.82, 2.24) is 13.9 Å². The number of aromatic nitrogens is 2. The fourth-order valence-corrected chi connectivity index (χ4v) is 3.83. The highest BCUT2D eigenvalue weighted by Crippen LogP contribution is 2.20. The van der Waals surface area contributed by atoms with Gasteiger partial charge in [0.25, 0.3) is 5.56 Å². The van der Waals surface area contributed by atoms with Gasteiger partial charge in [0, 0.05) is 20.0 Å². The summed E-state index contributed by atoms with van der Waals surface area (Å²) in [5.41, 5.74) is 0.184. The Bertz CT molecular complexity index is 964. The smallest absolute Gasteiger partial charge is 0.318 e. The highest BCUT2D eigenvalue weighted by Gasteiger charge is 2.24. The van der Waals surface area contributed by atoms with Crippen LogP contribution in [-0.2, 0) is 27.8 Å². The Labute approximate surface area is 132 Å². The summed E-state index contributed by atoms with van der Waals surface area (Å²) in [5, 5.41) is 8.97. The van der Waals surface area contributed by atoms with E-state index in [0.29, 0.717) is 17.9 Å². The van der Waals surface area contributed by atoms with Crippen molar-refractivity contribution >= 4 is 26.9 Å². The molecule has 3 rings (SSSR count). The van der Waals surface area contributed by atoms with Crippen LogP contribution in [-0.4, -0.2) is 46.9 Å². The van der Waals surface area contributed by atoms with Crippen LogP contribution >= 0.6 is 0 Å². The molecule has 0 saturated heterocycles. The summed E-state index contributed by atoms with van der Waals surface area (Å²) in [6.45, 7) is -0.0746. The van der Waals surface area contributed by atoms with Crippen LogP contribution in [0.5, 0.6) is 0 Å². The minimum Gasteiger partial charge on any atom is -0.480 e. The van der Waals surface area contributed by atoms with Gasteiger partial charge in [-0.3, -0.25) is 14.2 Å². The van der Waals surface area contributed by atoms with Crippen molar-refractivity contribution in [2.24, 2.45) is 0 Å². The number of carbonyl (C=O) groups is 1. The molecule has 0 unspecified atom stereocenters. The summed E-state index contributed by atoms with van der Waals surface area (Å²) in [6, 6.07) is 4.09. The van der Waals surface area contributed by atoms with Crippen molar-refractivity contribution in [2.45, 2.75) is 24.3 Å².